The van der Waals surface area contributed by atoms with E-state index in [9.17, 15) is 4.79 Å². The molecule has 0 spiro atoms. The van der Waals surface area contributed by atoms with Crippen molar-refractivity contribution in [1.29, 1.82) is 0 Å². The third kappa shape index (κ3) is 1.45. The molecule has 2 amide bonds. The van der Waals surface area contributed by atoms with Crippen LogP contribution >= 0.6 is 15.9 Å². The van der Waals surface area contributed by atoms with Gasteiger partial charge in [0.25, 0.3) is 0 Å². The van der Waals surface area contributed by atoms with Crippen LogP contribution in [0.3, 0.4) is 0 Å². The number of nitrogens with zero attached hydrogens (tertiary/aromatic N) is 1. The van der Waals surface area contributed by atoms with Crippen molar-refractivity contribution < 1.29 is 9.53 Å². The number of hydrogen-bond acceptors (Lipinski definition) is 2. The van der Waals surface area contributed by atoms with E-state index in [1.54, 1.807) is 11.9 Å². The van der Waals surface area contributed by atoms with Gasteiger partial charge in [0.2, 0.25) is 0 Å². The van der Waals surface area contributed by atoms with Crippen molar-refractivity contribution in [2.75, 3.05) is 7.05 Å². The van der Waals surface area contributed by atoms with Crippen LogP contribution in [0.15, 0.2) is 22.7 Å². The molecule has 5 heteroatoms. The Labute approximate surface area is 108 Å². The summed E-state index contributed by atoms with van der Waals surface area (Å²) in [6.07, 6.45) is 0.755. The van der Waals surface area contributed by atoms with Gasteiger partial charge in [-0.25, -0.2) is 4.79 Å². The summed E-state index contributed by atoms with van der Waals surface area (Å²) >= 11 is 3.52. The van der Waals surface area contributed by atoms with Crippen LogP contribution in [0.1, 0.15) is 24.9 Å². The van der Waals surface area contributed by atoms with Gasteiger partial charge in [-0.2, -0.15) is 0 Å². The minimum absolute atomic E-state index is 0.0167. The smallest absolute Gasteiger partial charge is 0.320 e. The van der Waals surface area contributed by atoms with Gasteiger partial charge in [-0.15, -0.1) is 0 Å². The monoisotopic (exact) mass is 296 g/mol. The molecule has 1 N–H and O–H groups in total. The van der Waals surface area contributed by atoms with E-state index in [0.29, 0.717) is 0 Å². The molecule has 17 heavy (non-hydrogen) atoms. The lowest BCUT2D eigenvalue weighted by Crippen LogP contribution is -2.63. The Bertz CT molecular complexity index is 505. The quantitative estimate of drug-likeness (QED) is 0.800. The highest BCUT2D eigenvalue weighted by atomic mass is 79.9. The second kappa shape index (κ2) is 3.38. The number of hydrogen-bond donors (Lipinski definition) is 1. The van der Waals surface area contributed by atoms with Gasteiger partial charge in [0.05, 0.1) is 6.04 Å². The minimum atomic E-state index is -0.555. The topological polar surface area (TPSA) is 41.6 Å². The van der Waals surface area contributed by atoms with Crippen molar-refractivity contribution in [3.05, 3.63) is 28.2 Å². The maximum atomic E-state index is 11.9. The molecule has 2 atom stereocenters. The third-order valence-corrected chi connectivity index (χ3v) is 4.28. The predicted octanol–water partition coefficient (Wildman–Crippen LogP) is 2.64. The molecule has 0 saturated carbocycles. The highest BCUT2D eigenvalue weighted by molar-refractivity contribution is 9.10. The molecule has 1 aromatic carbocycles. The lowest BCUT2D eigenvalue weighted by atomic mass is 9.91. The number of carbonyl (C=O) groups excluding carboxylic acids is 1. The highest BCUT2D eigenvalue weighted by Gasteiger charge is 2.47. The molecule has 0 radical (unpaired) electrons. The lowest BCUT2D eigenvalue weighted by molar-refractivity contribution is -0.0720. The zero-order valence-electron chi connectivity index (χ0n) is 9.66. The van der Waals surface area contributed by atoms with Crippen LogP contribution in [0.5, 0.6) is 5.75 Å². The summed E-state index contributed by atoms with van der Waals surface area (Å²) < 4.78 is 6.97. The number of ether oxygens (including phenoxy) is 1. The molecule has 0 aromatic heterocycles. The van der Waals surface area contributed by atoms with E-state index in [2.05, 4.69) is 21.2 Å². The second-order valence-corrected chi connectivity index (χ2v) is 5.55. The number of halogens is 1. The van der Waals surface area contributed by atoms with Crippen LogP contribution in [-0.4, -0.2) is 23.7 Å². The fourth-order valence-corrected chi connectivity index (χ4v) is 3.12. The standard InChI is InChI=1S/C12H13BrN2O2/c1-12-6-8(14-11(16)15(12)2)10-7(13)4-3-5-9(10)17-12/h3-5,8H,6H2,1-2H3,(H,14,16). The predicted molar refractivity (Wildman–Crippen MR) is 66.8 cm³/mol. The van der Waals surface area contributed by atoms with Gasteiger partial charge >= 0.3 is 6.03 Å². The van der Waals surface area contributed by atoms with Gasteiger partial charge in [0, 0.05) is 23.5 Å². The number of nitrogens with one attached hydrogen (secondary N) is 1. The average Bonchev–Trinajstić information content (AvgIpc) is 2.25. The zero-order valence-corrected chi connectivity index (χ0v) is 11.2. The van der Waals surface area contributed by atoms with Gasteiger partial charge in [-0.05, 0) is 19.1 Å². The molecule has 90 valence electrons. The summed E-state index contributed by atoms with van der Waals surface area (Å²) in [7, 11) is 1.76. The summed E-state index contributed by atoms with van der Waals surface area (Å²) in [6, 6.07) is 5.77. The van der Waals surface area contributed by atoms with Crippen LogP contribution in [0.4, 0.5) is 4.79 Å². The number of urea groups is 1. The number of carbonyl (C=O) groups is 1. The first-order valence-corrected chi connectivity index (χ1v) is 6.32. The molecule has 2 aliphatic rings. The molecule has 2 bridgehead atoms. The maximum absolute atomic E-state index is 11.9. The van der Waals surface area contributed by atoms with E-state index in [4.69, 9.17) is 4.74 Å². The molecule has 0 aliphatic carbocycles. The van der Waals surface area contributed by atoms with Gasteiger partial charge in [-0.1, -0.05) is 22.0 Å². The van der Waals surface area contributed by atoms with Gasteiger partial charge in [0.15, 0.2) is 5.72 Å². The number of amides is 2. The van der Waals surface area contributed by atoms with Crippen molar-refractivity contribution >= 4 is 22.0 Å². The third-order valence-electron chi connectivity index (χ3n) is 3.59. The van der Waals surface area contributed by atoms with Crippen LogP contribution in [-0.2, 0) is 0 Å². The number of benzene rings is 1. The van der Waals surface area contributed by atoms with Crippen molar-refractivity contribution in [3.8, 4) is 5.75 Å². The van der Waals surface area contributed by atoms with Gasteiger partial charge in [0.1, 0.15) is 5.75 Å². The second-order valence-electron chi connectivity index (χ2n) is 4.69. The molecular formula is C12H13BrN2O2. The lowest BCUT2D eigenvalue weighted by Gasteiger charge is -2.49. The first kappa shape index (κ1) is 10.9. The molecule has 2 aliphatic heterocycles. The van der Waals surface area contributed by atoms with Crippen LogP contribution in [0.25, 0.3) is 0 Å². The Morgan fingerprint density at radius 1 is 1.59 bits per heavy atom. The molecule has 4 nitrogen and oxygen atoms in total. The average molecular weight is 297 g/mol. The van der Waals surface area contributed by atoms with E-state index in [1.807, 2.05) is 25.1 Å². The molecule has 2 unspecified atom stereocenters. The number of rotatable bonds is 0. The molecule has 1 saturated heterocycles. The molecular weight excluding hydrogens is 284 g/mol. The fraction of sp³-hybridized carbons (Fsp3) is 0.417. The van der Waals surface area contributed by atoms with E-state index in [0.717, 1.165) is 22.2 Å². The highest BCUT2D eigenvalue weighted by Crippen LogP contribution is 2.46. The van der Waals surface area contributed by atoms with Crippen molar-refractivity contribution in [3.63, 3.8) is 0 Å². The molecule has 1 fully saturated rings. The van der Waals surface area contributed by atoms with E-state index in [1.165, 1.54) is 0 Å². The van der Waals surface area contributed by atoms with Crippen molar-refractivity contribution in [2.45, 2.75) is 25.1 Å². The first-order chi connectivity index (χ1) is 8.01. The summed E-state index contributed by atoms with van der Waals surface area (Å²) in [4.78, 5) is 13.5. The van der Waals surface area contributed by atoms with E-state index >= 15 is 0 Å². The molecule has 2 heterocycles. The summed E-state index contributed by atoms with van der Waals surface area (Å²) in [5.41, 5.74) is 0.479. The van der Waals surface area contributed by atoms with Gasteiger partial charge in [-0.3, -0.25) is 4.90 Å². The molecule has 1 aromatic rings. The Balaban J connectivity index is 2.15. The normalized spacial score (nSPS) is 30.4. The van der Waals surface area contributed by atoms with Crippen LogP contribution < -0.4 is 10.1 Å². The van der Waals surface area contributed by atoms with Crippen LogP contribution in [0.2, 0.25) is 0 Å². The minimum Gasteiger partial charge on any atom is -0.468 e. The first-order valence-electron chi connectivity index (χ1n) is 5.53. The van der Waals surface area contributed by atoms with Crippen molar-refractivity contribution in [2.24, 2.45) is 0 Å². The fourth-order valence-electron chi connectivity index (χ4n) is 2.49. The Hall–Kier alpha value is -1.23. The summed E-state index contributed by atoms with van der Waals surface area (Å²) in [6.45, 7) is 1.95. The maximum Gasteiger partial charge on any atom is 0.320 e. The SMILES string of the molecule is CN1C(=O)NC2CC1(C)Oc1cccc(Br)c12. The largest absolute Gasteiger partial charge is 0.468 e. The Morgan fingerprint density at radius 3 is 3.12 bits per heavy atom. The zero-order chi connectivity index (χ0) is 12.2. The summed E-state index contributed by atoms with van der Waals surface area (Å²) in [5, 5.41) is 3.00. The summed E-state index contributed by atoms with van der Waals surface area (Å²) in [5.74, 6) is 0.838. The number of fused-ring (bicyclic) bond motifs is 4. The van der Waals surface area contributed by atoms with E-state index in [-0.39, 0.29) is 12.1 Å². The molecule has 3 rings (SSSR count). The Kier molecular flexibility index (Phi) is 2.17. The van der Waals surface area contributed by atoms with Crippen LogP contribution in [0, 0.1) is 0 Å². The van der Waals surface area contributed by atoms with Gasteiger partial charge < -0.3 is 10.1 Å². The Morgan fingerprint density at radius 2 is 2.35 bits per heavy atom. The van der Waals surface area contributed by atoms with Crippen molar-refractivity contribution in [1.82, 2.24) is 10.2 Å². The van der Waals surface area contributed by atoms with E-state index < -0.39 is 5.72 Å².